The normalized spacial score (nSPS) is 15.5. The number of halogens is 1. The van der Waals surface area contributed by atoms with Gasteiger partial charge in [0.15, 0.2) is 0 Å². The summed E-state index contributed by atoms with van der Waals surface area (Å²) in [5, 5.41) is 6.48. The highest BCUT2D eigenvalue weighted by molar-refractivity contribution is 6.04. The molecule has 2 aromatic carbocycles. The number of likely N-dealkylation sites (N-methyl/N-ethyl adjacent to an activating group) is 1. The average Bonchev–Trinajstić information content (AvgIpc) is 3.21. The molecule has 1 atom stereocenters. The van der Waals surface area contributed by atoms with Crippen LogP contribution in [0.5, 0.6) is 0 Å². The van der Waals surface area contributed by atoms with E-state index in [2.05, 4.69) is 10.5 Å². The fourth-order valence-electron chi connectivity index (χ4n) is 2.92. The standard InChI is InChI=1S/C21H22FN3O3/c1-2-25(14-15-7-4-3-5-8-15)20(26)13-23-21(27)19-12-18(24-28-19)16-9-6-10-17(22)11-16/h3-11,19H,2,12-14H2,1H3,(H,23,27). The Labute approximate surface area is 163 Å². The zero-order valence-corrected chi connectivity index (χ0v) is 15.6. The number of nitrogens with zero attached hydrogens (tertiary/aromatic N) is 2. The van der Waals surface area contributed by atoms with Gasteiger partial charge in [0.2, 0.25) is 12.0 Å². The zero-order chi connectivity index (χ0) is 19.9. The Balaban J connectivity index is 1.49. The number of carbonyl (C=O) groups is 2. The predicted molar refractivity (Wildman–Crippen MR) is 103 cm³/mol. The van der Waals surface area contributed by atoms with E-state index >= 15 is 0 Å². The van der Waals surface area contributed by atoms with Crippen LogP contribution in [-0.2, 0) is 21.0 Å². The first kappa shape index (κ1) is 19.5. The summed E-state index contributed by atoms with van der Waals surface area (Å²) in [6.45, 7) is 2.80. The first-order valence-corrected chi connectivity index (χ1v) is 9.15. The van der Waals surface area contributed by atoms with Gasteiger partial charge in [-0.25, -0.2) is 4.39 Å². The molecule has 1 aliphatic rings. The number of hydrogen-bond acceptors (Lipinski definition) is 4. The zero-order valence-electron chi connectivity index (χ0n) is 15.6. The van der Waals surface area contributed by atoms with E-state index in [1.165, 1.54) is 12.1 Å². The molecule has 2 amide bonds. The number of carbonyl (C=O) groups excluding carboxylic acids is 2. The van der Waals surface area contributed by atoms with Crippen LogP contribution in [-0.4, -0.2) is 41.6 Å². The topological polar surface area (TPSA) is 71.0 Å². The third-order valence-corrected chi connectivity index (χ3v) is 4.48. The summed E-state index contributed by atoms with van der Waals surface area (Å²) in [6.07, 6.45) is -0.597. The number of oxime groups is 1. The number of rotatable bonds is 7. The predicted octanol–water partition coefficient (Wildman–Crippen LogP) is 2.48. The minimum atomic E-state index is -0.824. The molecule has 0 saturated carbocycles. The summed E-state index contributed by atoms with van der Waals surface area (Å²) >= 11 is 0. The molecule has 146 valence electrons. The number of amides is 2. The highest BCUT2D eigenvalue weighted by Crippen LogP contribution is 2.17. The van der Waals surface area contributed by atoms with E-state index in [1.807, 2.05) is 37.3 Å². The van der Waals surface area contributed by atoms with Gasteiger partial charge in [0.25, 0.3) is 5.91 Å². The first-order chi connectivity index (χ1) is 13.6. The van der Waals surface area contributed by atoms with E-state index in [9.17, 15) is 14.0 Å². The molecule has 1 unspecified atom stereocenters. The molecular formula is C21H22FN3O3. The van der Waals surface area contributed by atoms with E-state index in [0.29, 0.717) is 24.4 Å². The van der Waals surface area contributed by atoms with Crippen LogP contribution < -0.4 is 5.32 Å². The first-order valence-electron chi connectivity index (χ1n) is 9.15. The molecule has 0 saturated heterocycles. The molecule has 7 heteroatoms. The molecule has 0 bridgehead atoms. The number of benzene rings is 2. The average molecular weight is 383 g/mol. The van der Waals surface area contributed by atoms with Crippen molar-refractivity contribution in [2.24, 2.45) is 5.16 Å². The third-order valence-electron chi connectivity index (χ3n) is 4.48. The molecule has 0 spiro atoms. The van der Waals surface area contributed by atoms with Gasteiger partial charge in [-0.05, 0) is 24.6 Å². The monoisotopic (exact) mass is 383 g/mol. The van der Waals surface area contributed by atoms with Gasteiger partial charge in [-0.1, -0.05) is 47.6 Å². The largest absolute Gasteiger partial charge is 0.382 e. The van der Waals surface area contributed by atoms with Gasteiger partial charge >= 0.3 is 0 Å². The maximum absolute atomic E-state index is 13.3. The van der Waals surface area contributed by atoms with Crippen LogP contribution in [0.3, 0.4) is 0 Å². The Hall–Kier alpha value is -3.22. The molecule has 3 rings (SSSR count). The Morgan fingerprint density at radius 3 is 2.71 bits per heavy atom. The van der Waals surface area contributed by atoms with Crippen LogP contribution in [0.15, 0.2) is 59.8 Å². The van der Waals surface area contributed by atoms with E-state index in [0.717, 1.165) is 5.56 Å². The Bertz CT molecular complexity index is 870. The van der Waals surface area contributed by atoms with Crippen LogP contribution >= 0.6 is 0 Å². The molecule has 0 aromatic heterocycles. The van der Waals surface area contributed by atoms with Crippen molar-refractivity contribution >= 4 is 17.5 Å². The fraction of sp³-hybridized carbons (Fsp3) is 0.286. The van der Waals surface area contributed by atoms with Gasteiger partial charge in [-0.3, -0.25) is 9.59 Å². The smallest absolute Gasteiger partial charge is 0.264 e. The molecule has 6 nitrogen and oxygen atoms in total. The summed E-state index contributed by atoms with van der Waals surface area (Å²) in [5.41, 5.74) is 2.10. The maximum atomic E-state index is 13.3. The highest BCUT2D eigenvalue weighted by atomic mass is 19.1. The molecule has 1 aliphatic heterocycles. The van der Waals surface area contributed by atoms with Crippen molar-refractivity contribution in [3.8, 4) is 0 Å². The van der Waals surface area contributed by atoms with Crippen LogP contribution in [0.4, 0.5) is 4.39 Å². The van der Waals surface area contributed by atoms with Gasteiger partial charge in [-0.15, -0.1) is 0 Å². The minimum absolute atomic E-state index is 0.116. The van der Waals surface area contributed by atoms with Crippen molar-refractivity contribution < 1.29 is 18.8 Å². The summed E-state index contributed by atoms with van der Waals surface area (Å²) in [5.74, 6) is -0.972. The molecular weight excluding hydrogens is 361 g/mol. The van der Waals surface area contributed by atoms with Crippen molar-refractivity contribution in [1.29, 1.82) is 0 Å². The summed E-state index contributed by atoms with van der Waals surface area (Å²) < 4.78 is 13.3. The fourth-order valence-corrected chi connectivity index (χ4v) is 2.92. The Morgan fingerprint density at radius 2 is 2.00 bits per heavy atom. The summed E-state index contributed by atoms with van der Waals surface area (Å²) in [4.78, 5) is 31.6. The minimum Gasteiger partial charge on any atom is -0.382 e. The molecule has 28 heavy (non-hydrogen) atoms. The lowest BCUT2D eigenvalue weighted by Gasteiger charge is -2.21. The van der Waals surface area contributed by atoms with Crippen molar-refractivity contribution in [3.05, 3.63) is 71.5 Å². The highest BCUT2D eigenvalue weighted by Gasteiger charge is 2.29. The Morgan fingerprint density at radius 1 is 1.21 bits per heavy atom. The van der Waals surface area contributed by atoms with Gasteiger partial charge in [0.1, 0.15) is 5.82 Å². The van der Waals surface area contributed by atoms with Gasteiger partial charge in [0, 0.05) is 25.1 Å². The van der Waals surface area contributed by atoms with Crippen molar-refractivity contribution in [3.63, 3.8) is 0 Å². The van der Waals surface area contributed by atoms with Gasteiger partial charge in [0.05, 0.1) is 12.3 Å². The lowest BCUT2D eigenvalue weighted by molar-refractivity contribution is -0.136. The van der Waals surface area contributed by atoms with E-state index in [-0.39, 0.29) is 24.7 Å². The molecule has 0 radical (unpaired) electrons. The van der Waals surface area contributed by atoms with E-state index < -0.39 is 12.0 Å². The third kappa shape index (κ3) is 4.94. The van der Waals surface area contributed by atoms with Crippen molar-refractivity contribution in [2.45, 2.75) is 26.0 Å². The van der Waals surface area contributed by atoms with Gasteiger partial charge in [-0.2, -0.15) is 0 Å². The molecule has 2 aromatic rings. The quantitative estimate of drug-likeness (QED) is 0.799. The van der Waals surface area contributed by atoms with Gasteiger partial charge < -0.3 is 15.1 Å². The Kier molecular flexibility index (Phi) is 6.37. The summed E-state index contributed by atoms with van der Waals surface area (Å²) in [7, 11) is 0. The van der Waals surface area contributed by atoms with E-state index in [1.54, 1.807) is 17.0 Å². The van der Waals surface area contributed by atoms with Crippen molar-refractivity contribution in [1.82, 2.24) is 10.2 Å². The second-order valence-electron chi connectivity index (χ2n) is 6.46. The second kappa shape index (κ2) is 9.12. The molecule has 0 fully saturated rings. The van der Waals surface area contributed by atoms with Crippen LogP contribution in [0.1, 0.15) is 24.5 Å². The molecule has 0 aliphatic carbocycles. The summed E-state index contributed by atoms with van der Waals surface area (Å²) in [6, 6.07) is 15.6. The van der Waals surface area contributed by atoms with Crippen LogP contribution in [0.2, 0.25) is 0 Å². The number of nitrogens with one attached hydrogen (secondary N) is 1. The molecule has 1 N–H and O–H groups in total. The maximum Gasteiger partial charge on any atom is 0.264 e. The van der Waals surface area contributed by atoms with Crippen LogP contribution in [0, 0.1) is 5.82 Å². The van der Waals surface area contributed by atoms with Crippen LogP contribution in [0.25, 0.3) is 0 Å². The lowest BCUT2D eigenvalue weighted by atomic mass is 10.0. The number of hydrogen-bond donors (Lipinski definition) is 1. The van der Waals surface area contributed by atoms with E-state index in [4.69, 9.17) is 4.84 Å². The lowest BCUT2D eigenvalue weighted by Crippen LogP contribution is -2.43. The molecule has 1 heterocycles. The second-order valence-corrected chi connectivity index (χ2v) is 6.46. The van der Waals surface area contributed by atoms with Crippen molar-refractivity contribution in [2.75, 3.05) is 13.1 Å². The SMILES string of the molecule is CCN(Cc1ccccc1)C(=O)CNC(=O)C1CC(c2cccc(F)c2)=NO1.